The molecule has 0 spiro atoms. The first-order valence-electron chi connectivity index (χ1n) is 7.24. The van der Waals surface area contributed by atoms with Gasteiger partial charge >= 0.3 is 5.97 Å². The van der Waals surface area contributed by atoms with Gasteiger partial charge in [-0.2, -0.15) is 0 Å². The number of halogens is 2. The normalized spacial score (nSPS) is 18.0. The highest BCUT2D eigenvalue weighted by molar-refractivity contribution is 5.73. The molecule has 1 heterocycles. The van der Waals surface area contributed by atoms with Gasteiger partial charge in [0.1, 0.15) is 6.04 Å². The van der Waals surface area contributed by atoms with Crippen LogP contribution in [0.1, 0.15) is 32.6 Å². The number of aliphatic carboxylic acids is 1. The van der Waals surface area contributed by atoms with E-state index in [1.165, 1.54) is 0 Å². The van der Waals surface area contributed by atoms with Gasteiger partial charge in [0.15, 0.2) is 0 Å². The summed E-state index contributed by atoms with van der Waals surface area (Å²) < 4.78 is 32.5. The standard InChI is InChI=1S/C14H24F2N2O3/c1-3-5-14(15,16)10-12(13(19)20)17-11(2)18-6-4-8-21-9-7-18/h12,17H,2-10H2,1H3,(H,19,20). The molecular weight excluding hydrogens is 282 g/mol. The molecule has 1 aliphatic heterocycles. The molecular formula is C14H24F2N2O3. The van der Waals surface area contributed by atoms with E-state index >= 15 is 0 Å². The van der Waals surface area contributed by atoms with E-state index < -0.39 is 24.4 Å². The summed E-state index contributed by atoms with van der Waals surface area (Å²) in [4.78, 5) is 13.0. The summed E-state index contributed by atoms with van der Waals surface area (Å²) in [6.45, 7) is 7.82. The summed E-state index contributed by atoms with van der Waals surface area (Å²) in [5.74, 6) is -3.93. The fourth-order valence-corrected chi connectivity index (χ4v) is 2.27. The third-order valence-electron chi connectivity index (χ3n) is 3.36. The second-order valence-corrected chi connectivity index (χ2v) is 5.24. The number of nitrogens with zero attached hydrogens (tertiary/aromatic N) is 1. The first-order valence-corrected chi connectivity index (χ1v) is 7.24. The van der Waals surface area contributed by atoms with Gasteiger partial charge in [-0.3, -0.25) is 0 Å². The minimum Gasteiger partial charge on any atom is -0.480 e. The highest BCUT2D eigenvalue weighted by atomic mass is 19.3. The summed E-state index contributed by atoms with van der Waals surface area (Å²) in [5.41, 5.74) is 0. The zero-order valence-corrected chi connectivity index (χ0v) is 12.4. The molecule has 0 bridgehead atoms. The molecule has 0 aliphatic carbocycles. The number of carbonyl (C=O) groups is 1. The number of nitrogens with one attached hydrogen (secondary N) is 1. The van der Waals surface area contributed by atoms with Crippen LogP contribution in [0.25, 0.3) is 0 Å². The van der Waals surface area contributed by atoms with Crippen LogP contribution in [-0.4, -0.2) is 54.2 Å². The molecule has 0 aromatic carbocycles. The molecule has 5 nitrogen and oxygen atoms in total. The predicted octanol–water partition coefficient (Wildman–Crippen LogP) is 2.05. The van der Waals surface area contributed by atoms with Gasteiger partial charge in [0.25, 0.3) is 5.92 Å². The Morgan fingerprint density at radius 1 is 1.48 bits per heavy atom. The minimum absolute atomic E-state index is 0.309. The second kappa shape index (κ2) is 8.17. The van der Waals surface area contributed by atoms with E-state index in [-0.39, 0.29) is 6.42 Å². The monoisotopic (exact) mass is 306 g/mol. The smallest absolute Gasteiger partial charge is 0.326 e. The second-order valence-electron chi connectivity index (χ2n) is 5.24. The van der Waals surface area contributed by atoms with Gasteiger partial charge in [-0.25, -0.2) is 13.6 Å². The van der Waals surface area contributed by atoms with E-state index in [1.54, 1.807) is 6.92 Å². The molecule has 2 N–H and O–H groups in total. The molecule has 1 fully saturated rings. The van der Waals surface area contributed by atoms with E-state index in [0.717, 1.165) is 6.42 Å². The average Bonchev–Trinajstić information content (AvgIpc) is 2.66. The zero-order chi connectivity index (χ0) is 15.9. The van der Waals surface area contributed by atoms with Crippen molar-refractivity contribution in [2.24, 2.45) is 0 Å². The number of hydrogen-bond donors (Lipinski definition) is 2. The van der Waals surface area contributed by atoms with Gasteiger partial charge < -0.3 is 20.1 Å². The number of alkyl halides is 2. The van der Waals surface area contributed by atoms with Crippen LogP contribution in [0.2, 0.25) is 0 Å². The van der Waals surface area contributed by atoms with E-state index in [0.29, 0.717) is 38.5 Å². The maximum absolute atomic E-state index is 13.6. The van der Waals surface area contributed by atoms with Crippen LogP contribution in [0.3, 0.4) is 0 Å². The molecule has 1 atom stereocenters. The zero-order valence-electron chi connectivity index (χ0n) is 12.4. The van der Waals surface area contributed by atoms with Gasteiger partial charge in [-0.15, -0.1) is 0 Å². The van der Waals surface area contributed by atoms with Crippen molar-refractivity contribution < 1.29 is 23.4 Å². The number of carboxylic acids is 1. The quantitative estimate of drug-likeness (QED) is 0.718. The lowest BCUT2D eigenvalue weighted by molar-refractivity contribution is -0.142. The van der Waals surface area contributed by atoms with E-state index in [9.17, 15) is 13.6 Å². The maximum Gasteiger partial charge on any atom is 0.326 e. The van der Waals surface area contributed by atoms with Gasteiger partial charge in [0.05, 0.1) is 12.4 Å². The molecule has 7 heteroatoms. The fraction of sp³-hybridized carbons (Fsp3) is 0.786. The van der Waals surface area contributed by atoms with Crippen LogP contribution in [0.5, 0.6) is 0 Å². The van der Waals surface area contributed by atoms with Crippen molar-refractivity contribution in [3.05, 3.63) is 12.4 Å². The summed E-state index contributed by atoms with van der Waals surface area (Å²) in [5, 5.41) is 11.8. The maximum atomic E-state index is 13.6. The predicted molar refractivity (Wildman–Crippen MR) is 75.2 cm³/mol. The van der Waals surface area contributed by atoms with Crippen molar-refractivity contribution in [2.75, 3.05) is 26.3 Å². The highest BCUT2D eigenvalue weighted by Gasteiger charge is 2.35. The van der Waals surface area contributed by atoms with Crippen LogP contribution in [0.15, 0.2) is 12.4 Å². The van der Waals surface area contributed by atoms with Crippen molar-refractivity contribution in [3.63, 3.8) is 0 Å². The Balaban J connectivity index is 2.60. The van der Waals surface area contributed by atoms with Gasteiger partial charge in [-0.1, -0.05) is 19.9 Å². The summed E-state index contributed by atoms with van der Waals surface area (Å²) in [7, 11) is 0. The van der Waals surface area contributed by atoms with E-state index in [1.807, 2.05) is 4.90 Å². The molecule has 1 aliphatic rings. The van der Waals surface area contributed by atoms with Crippen LogP contribution in [0.4, 0.5) is 8.78 Å². The number of carboxylic acid groups (broad SMARTS) is 1. The molecule has 0 radical (unpaired) electrons. The SMILES string of the molecule is C=C(NC(CC(F)(F)CCC)C(=O)O)N1CCCOCC1. The molecule has 122 valence electrons. The van der Waals surface area contributed by atoms with Gasteiger partial charge in [-0.05, 0) is 6.42 Å². The lowest BCUT2D eigenvalue weighted by Gasteiger charge is -2.29. The molecule has 1 unspecified atom stereocenters. The molecule has 0 saturated carbocycles. The van der Waals surface area contributed by atoms with Crippen LogP contribution >= 0.6 is 0 Å². The highest BCUT2D eigenvalue weighted by Crippen LogP contribution is 2.26. The third-order valence-corrected chi connectivity index (χ3v) is 3.36. The Bertz CT molecular complexity index is 356. The van der Waals surface area contributed by atoms with Crippen LogP contribution in [-0.2, 0) is 9.53 Å². The van der Waals surface area contributed by atoms with E-state index in [2.05, 4.69) is 11.9 Å². The average molecular weight is 306 g/mol. The van der Waals surface area contributed by atoms with Crippen molar-refractivity contribution in [3.8, 4) is 0 Å². The molecule has 0 aromatic rings. The number of ether oxygens (including phenoxy) is 1. The third kappa shape index (κ3) is 6.29. The summed E-state index contributed by atoms with van der Waals surface area (Å²) in [6, 6.07) is -1.34. The van der Waals surface area contributed by atoms with Crippen molar-refractivity contribution in [2.45, 2.75) is 44.6 Å². The van der Waals surface area contributed by atoms with Crippen molar-refractivity contribution in [1.82, 2.24) is 10.2 Å². The lowest BCUT2D eigenvalue weighted by atomic mass is 10.0. The number of rotatable bonds is 8. The Morgan fingerprint density at radius 2 is 2.19 bits per heavy atom. The van der Waals surface area contributed by atoms with Crippen LogP contribution < -0.4 is 5.32 Å². The Labute approximate surface area is 123 Å². The molecule has 0 amide bonds. The van der Waals surface area contributed by atoms with Gasteiger partial charge in [0, 0.05) is 32.5 Å². The van der Waals surface area contributed by atoms with Crippen molar-refractivity contribution >= 4 is 5.97 Å². The van der Waals surface area contributed by atoms with E-state index in [4.69, 9.17) is 9.84 Å². The Hall–Kier alpha value is -1.37. The van der Waals surface area contributed by atoms with Gasteiger partial charge in [0.2, 0.25) is 0 Å². The summed E-state index contributed by atoms with van der Waals surface area (Å²) >= 11 is 0. The topological polar surface area (TPSA) is 61.8 Å². The minimum atomic E-state index is -2.99. The first-order chi connectivity index (χ1) is 9.85. The number of hydrogen-bond acceptors (Lipinski definition) is 4. The lowest BCUT2D eigenvalue weighted by Crippen LogP contribution is -2.45. The Kier molecular flexibility index (Phi) is 6.87. The largest absolute Gasteiger partial charge is 0.480 e. The molecule has 21 heavy (non-hydrogen) atoms. The van der Waals surface area contributed by atoms with Crippen molar-refractivity contribution in [1.29, 1.82) is 0 Å². The molecule has 0 aromatic heterocycles. The fourth-order valence-electron chi connectivity index (χ4n) is 2.27. The summed E-state index contributed by atoms with van der Waals surface area (Å²) in [6.07, 6.45) is 0.0518. The van der Waals surface area contributed by atoms with Crippen LogP contribution in [0, 0.1) is 0 Å². The first kappa shape index (κ1) is 17.7. The Morgan fingerprint density at radius 3 is 2.81 bits per heavy atom. The molecule has 1 rings (SSSR count). The molecule has 1 saturated heterocycles.